The lowest BCUT2D eigenvalue weighted by molar-refractivity contribution is -0.887. The van der Waals surface area contributed by atoms with Crippen molar-refractivity contribution in [1.82, 2.24) is 0 Å². The molecule has 0 aromatic rings. The van der Waals surface area contributed by atoms with Gasteiger partial charge in [0.1, 0.15) is 6.61 Å². The topological polar surface area (TPSA) is 99.1 Å². The van der Waals surface area contributed by atoms with E-state index in [2.05, 4.69) is 74.6 Å². The number of allylic oxidation sites excluding steroid dienone is 12. The second-order valence-electron chi connectivity index (χ2n) is 15.2. The molecule has 0 aromatic heterocycles. The molecule has 8 heteroatoms. The van der Waals surface area contributed by atoms with Crippen molar-refractivity contribution in [3.8, 4) is 0 Å². The Labute approximate surface area is 336 Å². The Morgan fingerprint density at radius 3 is 1.58 bits per heavy atom. The van der Waals surface area contributed by atoms with Crippen molar-refractivity contribution in [3.63, 3.8) is 0 Å². The fraction of sp³-hybridized carbons (Fsp3) is 0.681. The van der Waals surface area contributed by atoms with Gasteiger partial charge in [-0.3, -0.25) is 9.59 Å². The second-order valence-corrected chi connectivity index (χ2v) is 15.2. The molecule has 0 spiro atoms. The van der Waals surface area contributed by atoms with E-state index in [0.717, 1.165) is 51.4 Å². The van der Waals surface area contributed by atoms with Gasteiger partial charge in [-0.2, -0.15) is 0 Å². The van der Waals surface area contributed by atoms with Gasteiger partial charge in [0, 0.05) is 19.3 Å². The Bertz CT molecular complexity index is 1130. The average Bonchev–Trinajstić information content (AvgIpc) is 3.14. The third-order valence-corrected chi connectivity index (χ3v) is 9.10. The summed E-state index contributed by atoms with van der Waals surface area (Å²) in [5, 5.41) is 9.61. The number of carbonyl (C=O) groups is 3. The quantitative estimate of drug-likeness (QED) is 0.0291. The highest BCUT2D eigenvalue weighted by molar-refractivity contribution is 5.72. The van der Waals surface area contributed by atoms with Crippen LogP contribution in [0.15, 0.2) is 72.9 Å². The molecule has 0 saturated heterocycles. The number of ether oxygens (including phenoxy) is 3. The van der Waals surface area contributed by atoms with E-state index < -0.39 is 18.1 Å². The lowest BCUT2D eigenvalue weighted by Crippen LogP contribution is -2.50. The molecule has 0 aliphatic rings. The van der Waals surface area contributed by atoms with Crippen LogP contribution in [0, 0.1) is 0 Å². The van der Waals surface area contributed by atoms with Crippen LogP contribution in [-0.4, -0.2) is 80.6 Å². The van der Waals surface area contributed by atoms with Crippen LogP contribution in [0.2, 0.25) is 0 Å². The standard InChI is InChI=1S/C47H79NO7/c1-6-8-10-12-14-16-18-20-22-24-25-27-29-31-33-35-37-45(49)54-42-43(41-53-40-39-44(47(51)52)48(3,4)5)55-46(50)38-36-34-32-30-28-26-23-21-19-17-15-13-11-9-7-2/h8,10,14,16-17,19-20,22,25,27,31,33,43-44H,6-7,9,11-13,15,18,21,23-24,26,28-30,32,34-42H2,1-5H3/p+1/b10-8+,16-14+,19-17+,22-20+,27-25+,33-31+. The summed E-state index contributed by atoms with van der Waals surface area (Å²) in [6.07, 6.45) is 46.7. The number of nitrogens with zero attached hydrogens (tertiary/aromatic N) is 1. The molecule has 0 saturated carbocycles. The van der Waals surface area contributed by atoms with Crippen molar-refractivity contribution in [1.29, 1.82) is 0 Å². The maximum Gasteiger partial charge on any atom is 0.362 e. The van der Waals surface area contributed by atoms with Crippen LogP contribution in [0.3, 0.4) is 0 Å². The molecule has 0 bridgehead atoms. The van der Waals surface area contributed by atoms with Crippen LogP contribution in [-0.2, 0) is 28.6 Å². The largest absolute Gasteiger partial charge is 0.477 e. The molecule has 8 nitrogen and oxygen atoms in total. The van der Waals surface area contributed by atoms with Gasteiger partial charge in [0.05, 0.1) is 34.4 Å². The summed E-state index contributed by atoms with van der Waals surface area (Å²) in [5.41, 5.74) is 0. The van der Waals surface area contributed by atoms with Crippen LogP contribution >= 0.6 is 0 Å². The smallest absolute Gasteiger partial charge is 0.362 e. The number of unbranched alkanes of at least 4 members (excludes halogenated alkanes) is 11. The van der Waals surface area contributed by atoms with E-state index in [1.165, 1.54) is 64.2 Å². The highest BCUT2D eigenvalue weighted by atomic mass is 16.6. The number of quaternary nitrogens is 1. The van der Waals surface area contributed by atoms with Gasteiger partial charge < -0.3 is 23.8 Å². The zero-order chi connectivity index (χ0) is 40.7. The third-order valence-electron chi connectivity index (χ3n) is 9.10. The van der Waals surface area contributed by atoms with Crippen LogP contribution in [0.1, 0.15) is 155 Å². The van der Waals surface area contributed by atoms with Crippen LogP contribution < -0.4 is 0 Å². The Morgan fingerprint density at radius 1 is 0.564 bits per heavy atom. The van der Waals surface area contributed by atoms with Gasteiger partial charge >= 0.3 is 17.9 Å². The predicted octanol–water partition coefficient (Wildman–Crippen LogP) is 11.6. The molecule has 0 heterocycles. The molecular weight excluding hydrogens is 691 g/mol. The highest BCUT2D eigenvalue weighted by Crippen LogP contribution is 2.13. The minimum Gasteiger partial charge on any atom is -0.477 e. The number of esters is 2. The number of aliphatic carboxylic acids is 1. The van der Waals surface area contributed by atoms with E-state index in [1.807, 2.05) is 33.3 Å². The first-order valence-electron chi connectivity index (χ1n) is 21.5. The lowest BCUT2D eigenvalue weighted by atomic mass is 10.1. The monoisotopic (exact) mass is 771 g/mol. The van der Waals surface area contributed by atoms with Gasteiger partial charge in [-0.25, -0.2) is 4.79 Å². The summed E-state index contributed by atoms with van der Waals surface area (Å²) in [5.74, 6) is -1.59. The van der Waals surface area contributed by atoms with Gasteiger partial charge in [-0.05, 0) is 70.6 Å². The first-order valence-corrected chi connectivity index (χ1v) is 21.5. The fourth-order valence-electron chi connectivity index (χ4n) is 5.78. The Hall–Kier alpha value is -3.23. The molecule has 1 N–H and O–H groups in total. The van der Waals surface area contributed by atoms with E-state index in [0.29, 0.717) is 19.3 Å². The maximum absolute atomic E-state index is 12.7. The molecule has 0 amide bonds. The molecule has 0 fully saturated rings. The third kappa shape index (κ3) is 36.2. The Morgan fingerprint density at radius 2 is 1.05 bits per heavy atom. The summed E-state index contributed by atoms with van der Waals surface area (Å²) < 4.78 is 17.2. The molecule has 0 rings (SSSR count). The molecule has 0 aliphatic heterocycles. The first-order chi connectivity index (χ1) is 26.6. The summed E-state index contributed by atoms with van der Waals surface area (Å²) in [6.45, 7) is 4.51. The zero-order valence-corrected chi connectivity index (χ0v) is 35.6. The Balaban J connectivity index is 4.49. The van der Waals surface area contributed by atoms with Crippen molar-refractivity contribution >= 4 is 17.9 Å². The van der Waals surface area contributed by atoms with Gasteiger partial charge in [0.15, 0.2) is 12.1 Å². The summed E-state index contributed by atoms with van der Waals surface area (Å²) in [6, 6.07) is -0.628. The average molecular weight is 771 g/mol. The summed E-state index contributed by atoms with van der Waals surface area (Å²) in [7, 11) is 5.49. The molecule has 0 aliphatic carbocycles. The maximum atomic E-state index is 12.7. The molecule has 314 valence electrons. The van der Waals surface area contributed by atoms with Crippen molar-refractivity contribution in [2.75, 3.05) is 41.0 Å². The van der Waals surface area contributed by atoms with Gasteiger partial charge in [0.2, 0.25) is 0 Å². The van der Waals surface area contributed by atoms with Crippen LogP contribution in [0.5, 0.6) is 0 Å². The van der Waals surface area contributed by atoms with E-state index >= 15 is 0 Å². The first kappa shape index (κ1) is 51.8. The number of hydrogen-bond acceptors (Lipinski definition) is 6. The van der Waals surface area contributed by atoms with Gasteiger partial charge in [0.25, 0.3) is 0 Å². The number of carboxylic acids is 1. The minimum atomic E-state index is -0.888. The van der Waals surface area contributed by atoms with Crippen molar-refractivity contribution in [2.24, 2.45) is 0 Å². The van der Waals surface area contributed by atoms with E-state index in [9.17, 15) is 19.5 Å². The fourth-order valence-corrected chi connectivity index (χ4v) is 5.78. The van der Waals surface area contributed by atoms with E-state index in [4.69, 9.17) is 14.2 Å². The van der Waals surface area contributed by atoms with Crippen LogP contribution in [0.25, 0.3) is 0 Å². The molecule has 55 heavy (non-hydrogen) atoms. The van der Waals surface area contributed by atoms with Crippen molar-refractivity contribution in [2.45, 2.75) is 167 Å². The van der Waals surface area contributed by atoms with Gasteiger partial charge in [-0.1, -0.05) is 138 Å². The minimum absolute atomic E-state index is 0.0331. The second kappa shape index (κ2) is 37.7. The number of carboxylic acid groups (broad SMARTS) is 1. The van der Waals surface area contributed by atoms with E-state index in [1.54, 1.807) is 0 Å². The predicted molar refractivity (Wildman–Crippen MR) is 229 cm³/mol. The normalized spacial score (nSPS) is 13.7. The number of likely N-dealkylation sites (N-methyl/N-ethyl adjacent to an activating group) is 1. The molecule has 2 atom stereocenters. The van der Waals surface area contributed by atoms with E-state index in [-0.39, 0.29) is 42.7 Å². The number of rotatable bonds is 37. The SMILES string of the molecule is CC/C=C/C/C=C/C/C=C/C/C=C/C/C=C/CCC(=O)OCC(COCCC(C(=O)O)[N+](C)(C)C)OC(=O)CCCCCCCCC/C=C/CCCCCC. The lowest BCUT2D eigenvalue weighted by Gasteiger charge is -2.31. The molecule has 0 radical (unpaired) electrons. The molecule has 2 unspecified atom stereocenters. The summed E-state index contributed by atoms with van der Waals surface area (Å²) >= 11 is 0. The molecule has 0 aromatic carbocycles. The highest BCUT2D eigenvalue weighted by Gasteiger charge is 2.31. The number of carbonyl (C=O) groups excluding carboxylic acids is 2. The van der Waals surface area contributed by atoms with Crippen molar-refractivity contribution in [3.05, 3.63) is 72.9 Å². The molecular formula is C47H80NO7+. The zero-order valence-electron chi connectivity index (χ0n) is 35.6. The number of hydrogen-bond donors (Lipinski definition) is 1. The van der Waals surface area contributed by atoms with Crippen LogP contribution in [0.4, 0.5) is 0 Å². The van der Waals surface area contributed by atoms with Gasteiger partial charge in [-0.15, -0.1) is 0 Å². The summed E-state index contributed by atoms with van der Waals surface area (Å²) in [4.78, 5) is 36.9. The Kier molecular flexibility index (Phi) is 35.5. The van der Waals surface area contributed by atoms with Crippen molar-refractivity contribution < 1.29 is 38.2 Å².